The second kappa shape index (κ2) is 19.6. The summed E-state index contributed by atoms with van der Waals surface area (Å²) in [7, 11) is 9.87. The summed E-state index contributed by atoms with van der Waals surface area (Å²) >= 11 is -0.826. The molecule has 3 aromatic rings. The van der Waals surface area contributed by atoms with Crippen LogP contribution in [-0.4, -0.2) is 0 Å². The molecule has 54 heavy (non-hydrogen) atoms. The maximum Gasteiger partial charge on any atom is 0 e. The quantitative estimate of drug-likeness (QED) is 0.216. The van der Waals surface area contributed by atoms with E-state index in [4.69, 9.17) is 17.0 Å². The molecule has 0 bridgehead atoms. The molecule has 0 heterocycles. The fraction of sp³-hybridized carbons (Fsp3) is 0.600. The Morgan fingerprint density at radius 2 is 0.870 bits per heavy atom. The van der Waals surface area contributed by atoms with Gasteiger partial charge in [-0.2, -0.15) is 0 Å². The molecule has 7 fully saturated rings. The van der Waals surface area contributed by atoms with Gasteiger partial charge in [0.1, 0.15) is 0 Å². The summed E-state index contributed by atoms with van der Waals surface area (Å²) in [6.45, 7) is 0. The topological polar surface area (TPSA) is 0 Å². The van der Waals surface area contributed by atoms with Crippen LogP contribution in [0.5, 0.6) is 0 Å². The SMILES string of the molecule is [CH3-].[CH3-].[Cl][Zr+2][Cl].[V].c1ccc(C(CC2C3CCCCC3C3CCCCC32)C2C(c3ccccc3)C3C4CCCC5CCCC(C54)C3C2c2ccccc2)cc1. The third-order valence-electron chi connectivity index (χ3n) is 16.8. The van der Waals surface area contributed by atoms with Gasteiger partial charge in [0, 0.05) is 18.6 Å². The Bertz CT molecular complexity index is 1460. The fourth-order valence-corrected chi connectivity index (χ4v) is 15.8. The minimum atomic E-state index is -0.826. The van der Waals surface area contributed by atoms with Gasteiger partial charge in [-0.05, 0) is 150 Å². The van der Waals surface area contributed by atoms with Crippen molar-refractivity contribution >= 4 is 17.0 Å². The summed E-state index contributed by atoms with van der Waals surface area (Å²) in [6.07, 6.45) is 22.6. The standard InChI is InChI=1S/C48H60.2CH3.2ClH.V.Zr/c1-4-16-31(17-5-1)41(30-42-37-26-12-10-24-35(37)36-25-11-13-27-38(36)42)48-44(33-18-6-2-7-19-33)46-39-28-14-22-32-23-15-29-40(43(32)39)47(46)45(48)34-20-8-3-9-21-34;;;;;;/h1-9,16-21,32,35-48H,10-15,22-30H2;2*1H3;2*1H;;/q;2*-1;;;;+4/p-2. The van der Waals surface area contributed by atoms with Crippen LogP contribution in [-0.2, 0) is 39.4 Å². The molecular formula is C50H66Cl2VZr. The number of halogens is 2. The van der Waals surface area contributed by atoms with Gasteiger partial charge >= 0.3 is 37.9 Å². The molecule has 0 nitrogen and oxygen atoms in total. The Kier molecular flexibility index (Phi) is 15.7. The molecule has 0 N–H and O–H groups in total. The van der Waals surface area contributed by atoms with Crippen molar-refractivity contribution < 1.29 is 39.4 Å². The minimum absolute atomic E-state index is 0. The van der Waals surface area contributed by atoms with E-state index in [1.807, 2.05) is 0 Å². The van der Waals surface area contributed by atoms with Crippen LogP contribution in [0.2, 0.25) is 0 Å². The summed E-state index contributed by atoms with van der Waals surface area (Å²) in [6, 6.07) is 36.6. The monoisotopic (exact) mass is 877 g/mol. The number of rotatable bonds is 6. The summed E-state index contributed by atoms with van der Waals surface area (Å²) in [5.41, 5.74) is 5.06. The van der Waals surface area contributed by atoms with Crippen molar-refractivity contribution in [2.75, 3.05) is 0 Å². The number of benzene rings is 3. The maximum absolute atomic E-state index is 4.93. The van der Waals surface area contributed by atoms with Crippen LogP contribution in [0.3, 0.4) is 0 Å². The molecule has 7 aliphatic rings. The molecule has 0 saturated heterocycles. The van der Waals surface area contributed by atoms with Crippen molar-refractivity contribution in [2.24, 2.45) is 71.0 Å². The predicted octanol–water partition coefficient (Wildman–Crippen LogP) is 15.0. The van der Waals surface area contributed by atoms with E-state index in [0.717, 1.165) is 65.1 Å². The van der Waals surface area contributed by atoms with E-state index in [1.165, 1.54) is 96.3 Å². The second-order valence-corrected chi connectivity index (χ2v) is 22.1. The zero-order valence-corrected chi connectivity index (χ0v) is 38.5. The molecule has 10 rings (SSSR count). The first-order valence-corrected chi connectivity index (χ1v) is 27.7. The molecule has 11 unspecified atom stereocenters. The van der Waals surface area contributed by atoms with Gasteiger partial charge in [0.15, 0.2) is 0 Å². The van der Waals surface area contributed by atoms with Crippen molar-refractivity contribution in [3.8, 4) is 0 Å². The molecule has 0 spiro atoms. The van der Waals surface area contributed by atoms with Crippen molar-refractivity contribution in [3.63, 3.8) is 0 Å². The number of hydrogen-bond acceptors (Lipinski definition) is 0. The van der Waals surface area contributed by atoms with Crippen LogP contribution in [0.1, 0.15) is 131 Å². The van der Waals surface area contributed by atoms with Gasteiger partial charge in [-0.3, -0.25) is 0 Å². The zero-order chi connectivity index (χ0) is 34.3. The molecule has 4 heteroatoms. The predicted molar refractivity (Wildman–Crippen MR) is 223 cm³/mol. The molecule has 0 amide bonds. The van der Waals surface area contributed by atoms with Crippen LogP contribution in [0, 0.1) is 85.9 Å². The molecule has 289 valence electrons. The average Bonchev–Trinajstić information content (AvgIpc) is 3.82. The van der Waals surface area contributed by atoms with E-state index >= 15 is 0 Å². The zero-order valence-electron chi connectivity index (χ0n) is 33.1. The molecule has 11 atom stereocenters. The fourth-order valence-electron chi connectivity index (χ4n) is 15.8. The van der Waals surface area contributed by atoms with Crippen LogP contribution in [0.15, 0.2) is 91.0 Å². The molecule has 7 saturated carbocycles. The smallest absolute Gasteiger partial charge is 0 e. The third kappa shape index (κ3) is 7.90. The van der Waals surface area contributed by atoms with Gasteiger partial charge < -0.3 is 14.9 Å². The second-order valence-electron chi connectivity index (χ2n) is 18.3. The van der Waals surface area contributed by atoms with Gasteiger partial charge in [0.2, 0.25) is 0 Å². The van der Waals surface area contributed by atoms with Crippen molar-refractivity contribution in [3.05, 3.63) is 123 Å². The van der Waals surface area contributed by atoms with E-state index in [1.54, 1.807) is 16.7 Å². The van der Waals surface area contributed by atoms with Gasteiger partial charge in [0.05, 0.1) is 0 Å². The van der Waals surface area contributed by atoms with Gasteiger partial charge in [-0.25, -0.2) is 0 Å². The van der Waals surface area contributed by atoms with Crippen LogP contribution < -0.4 is 0 Å². The van der Waals surface area contributed by atoms with E-state index in [-0.39, 0.29) is 33.4 Å². The Morgan fingerprint density at radius 3 is 1.31 bits per heavy atom. The van der Waals surface area contributed by atoms with Gasteiger partial charge in [0.25, 0.3) is 0 Å². The Labute approximate surface area is 361 Å². The minimum Gasteiger partial charge on any atom is -0.0622 e. The average molecular weight is 880 g/mol. The molecule has 3 aromatic carbocycles. The first kappa shape index (κ1) is 43.3. The third-order valence-corrected chi connectivity index (χ3v) is 16.8. The van der Waals surface area contributed by atoms with Gasteiger partial charge in [-0.1, -0.05) is 142 Å². The molecule has 7 aliphatic carbocycles. The Hall–Kier alpha value is -0.292. The van der Waals surface area contributed by atoms with E-state index in [9.17, 15) is 0 Å². The Morgan fingerprint density at radius 1 is 0.481 bits per heavy atom. The molecule has 1 radical (unpaired) electrons. The summed E-state index contributed by atoms with van der Waals surface area (Å²) in [5.74, 6) is 13.2. The van der Waals surface area contributed by atoms with Crippen molar-refractivity contribution in [1.29, 1.82) is 0 Å². The molecule has 0 aliphatic heterocycles. The van der Waals surface area contributed by atoms with E-state index in [0.29, 0.717) is 23.7 Å². The Balaban J connectivity index is 0.000000804. The van der Waals surface area contributed by atoms with Gasteiger partial charge in [-0.15, -0.1) is 0 Å². The first-order valence-electron chi connectivity index (χ1n) is 21.4. The largest absolute Gasteiger partial charge is 0.0622 e. The van der Waals surface area contributed by atoms with Crippen LogP contribution in [0.25, 0.3) is 0 Å². The first-order chi connectivity index (χ1) is 25.3. The van der Waals surface area contributed by atoms with Crippen LogP contribution in [0.4, 0.5) is 0 Å². The molecular weight excluding hydrogens is 814 g/mol. The summed E-state index contributed by atoms with van der Waals surface area (Å²) in [5, 5.41) is 0. The summed E-state index contributed by atoms with van der Waals surface area (Å²) in [4.78, 5) is 0. The van der Waals surface area contributed by atoms with Crippen molar-refractivity contribution in [2.45, 2.75) is 114 Å². The normalized spacial score (nSPS) is 38.9. The van der Waals surface area contributed by atoms with Crippen LogP contribution >= 0.6 is 17.0 Å². The summed E-state index contributed by atoms with van der Waals surface area (Å²) < 4.78 is 0. The number of hydrogen-bond donors (Lipinski definition) is 0. The molecule has 0 aromatic heterocycles. The number of fused-ring (bicyclic) bond motifs is 6. The van der Waals surface area contributed by atoms with E-state index < -0.39 is 20.8 Å². The van der Waals surface area contributed by atoms with Crippen molar-refractivity contribution in [1.82, 2.24) is 0 Å². The maximum atomic E-state index is 4.93. The van der Waals surface area contributed by atoms with E-state index in [2.05, 4.69) is 91.0 Å².